The Balaban J connectivity index is 0. The molecular formula is C10H9F16NO3S. The van der Waals surface area contributed by atoms with Crippen molar-refractivity contribution in [1.29, 1.82) is 0 Å². The highest BCUT2D eigenvalue weighted by molar-refractivity contribution is 7.87. The van der Waals surface area contributed by atoms with E-state index in [1.807, 2.05) is 0 Å². The smallest absolute Gasteiger partial charge is 0.344 e. The summed E-state index contributed by atoms with van der Waals surface area (Å²) in [4.78, 5) is 0. The Morgan fingerprint density at radius 3 is 1.23 bits per heavy atom. The predicted octanol–water partition coefficient (Wildman–Crippen LogP) is 4.79. The van der Waals surface area contributed by atoms with E-state index in [4.69, 9.17) is 4.55 Å². The van der Waals surface area contributed by atoms with Crippen LogP contribution >= 0.6 is 0 Å². The van der Waals surface area contributed by atoms with Gasteiger partial charge in [-0.1, -0.05) is 0 Å². The molecule has 31 heavy (non-hydrogen) atoms. The third-order valence-electron chi connectivity index (χ3n) is 3.37. The fourth-order valence-electron chi connectivity index (χ4n) is 1.60. The summed E-state index contributed by atoms with van der Waals surface area (Å²) in [5.74, 6) is -32.3. The Hall–Kier alpha value is -1.25. The highest BCUT2D eigenvalue weighted by Gasteiger charge is 2.90. The molecule has 0 rings (SSSR count). The summed E-state index contributed by atoms with van der Waals surface area (Å²) >= 11 is 0. The van der Waals surface area contributed by atoms with Crippen molar-refractivity contribution < 1.29 is 83.2 Å². The topological polar surface area (TPSA) is 89.4 Å². The lowest BCUT2D eigenvalue weighted by Gasteiger charge is -2.39. The fourth-order valence-corrected chi connectivity index (χ4v) is 2.05. The van der Waals surface area contributed by atoms with Gasteiger partial charge in [0.05, 0.1) is 0 Å². The third-order valence-corrected chi connectivity index (χ3v) is 4.28. The highest BCUT2D eigenvalue weighted by Crippen LogP contribution is 2.59. The number of halogens is 16. The van der Waals surface area contributed by atoms with Crippen LogP contribution < -0.4 is 6.15 Å². The minimum absolute atomic E-state index is 0. The van der Waals surface area contributed by atoms with Gasteiger partial charge in [0.2, 0.25) is 6.17 Å². The molecule has 0 amide bonds. The van der Waals surface area contributed by atoms with Crippen LogP contribution in [0.5, 0.6) is 0 Å². The molecule has 0 radical (unpaired) electrons. The molecule has 21 heteroatoms. The van der Waals surface area contributed by atoms with Crippen molar-refractivity contribution in [3.05, 3.63) is 0 Å². The molecule has 0 aromatic rings. The quantitative estimate of drug-likeness (QED) is 0.316. The van der Waals surface area contributed by atoms with Crippen LogP contribution in [-0.2, 0) is 10.1 Å². The maximum Gasteiger partial charge on any atom is 0.438 e. The molecule has 4 N–H and O–H groups in total. The summed E-state index contributed by atoms with van der Waals surface area (Å²) in [6.45, 7) is 0. The average molecular weight is 527 g/mol. The first kappa shape index (κ1) is 31.9. The van der Waals surface area contributed by atoms with Crippen molar-refractivity contribution in [3.63, 3.8) is 0 Å². The van der Waals surface area contributed by atoms with Crippen LogP contribution in [0.3, 0.4) is 0 Å². The van der Waals surface area contributed by atoms with E-state index >= 15 is 0 Å². The van der Waals surface area contributed by atoms with E-state index in [1.165, 1.54) is 0 Å². The van der Waals surface area contributed by atoms with Gasteiger partial charge in [0.15, 0.2) is 18.5 Å². The van der Waals surface area contributed by atoms with Gasteiger partial charge in [0, 0.05) is 0 Å². The molecule has 4 atom stereocenters. The van der Waals surface area contributed by atoms with Crippen molar-refractivity contribution in [2.24, 2.45) is 0 Å². The van der Waals surface area contributed by atoms with E-state index in [-0.39, 0.29) is 6.15 Å². The Morgan fingerprint density at radius 2 is 0.935 bits per heavy atom. The van der Waals surface area contributed by atoms with Gasteiger partial charge in [-0.15, -0.1) is 0 Å². The minimum Gasteiger partial charge on any atom is -0.344 e. The van der Waals surface area contributed by atoms with Gasteiger partial charge in [0.1, 0.15) is 0 Å². The number of rotatable bonds is 10. The van der Waals surface area contributed by atoms with Gasteiger partial charge < -0.3 is 6.15 Å². The summed E-state index contributed by atoms with van der Waals surface area (Å²) in [5, 5.41) is -7.62. The van der Waals surface area contributed by atoms with Crippen molar-refractivity contribution in [3.8, 4) is 0 Å². The largest absolute Gasteiger partial charge is 0.438 e. The first-order chi connectivity index (χ1) is 12.8. The zero-order valence-corrected chi connectivity index (χ0v) is 14.6. The number of alkyl halides is 16. The summed E-state index contributed by atoms with van der Waals surface area (Å²) in [6, 6.07) is 0. The van der Waals surface area contributed by atoms with E-state index in [0.29, 0.717) is 0 Å². The van der Waals surface area contributed by atoms with E-state index in [0.717, 1.165) is 0 Å². The van der Waals surface area contributed by atoms with Crippen LogP contribution in [0.2, 0.25) is 0 Å². The molecule has 4 unspecified atom stereocenters. The lowest BCUT2D eigenvalue weighted by molar-refractivity contribution is -0.399. The van der Waals surface area contributed by atoms with E-state index in [1.54, 1.807) is 0 Å². The summed E-state index contributed by atoms with van der Waals surface area (Å²) in [6.07, 6.45) is -24.8. The van der Waals surface area contributed by atoms with Crippen LogP contribution in [-0.4, -0.2) is 73.0 Å². The average Bonchev–Trinajstić information content (AvgIpc) is 2.56. The van der Waals surface area contributed by atoms with Crippen molar-refractivity contribution >= 4 is 10.1 Å². The predicted molar refractivity (Wildman–Crippen MR) is 66.9 cm³/mol. The standard InChI is InChI=1S/C10H6F16O3S.H3N/c11-1(3(13)5(15)16)2(12)4(14)6(17,18)7(19,20)8(21,22)9(23,24)10(25,26)30(27,28)29;/h1-5H,(H,27,28,29);1H3. The minimum atomic E-state index is -8.32. The molecule has 4 nitrogen and oxygen atoms in total. The first-order valence-electron chi connectivity index (χ1n) is 6.54. The van der Waals surface area contributed by atoms with Gasteiger partial charge in [0.25, 0.3) is 6.43 Å². The lowest BCUT2D eigenvalue weighted by atomic mass is 9.92. The van der Waals surface area contributed by atoms with Crippen LogP contribution in [0, 0.1) is 0 Å². The molecule has 0 heterocycles. The van der Waals surface area contributed by atoms with Gasteiger partial charge >= 0.3 is 39.1 Å². The zero-order chi connectivity index (χ0) is 24.9. The summed E-state index contributed by atoms with van der Waals surface area (Å²) < 4.78 is 234. The van der Waals surface area contributed by atoms with Crippen LogP contribution in [0.1, 0.15) is 0 Å². The van der Waals surface area contributed by atoms with Gasteiger partial charge in [-0.25, -0.2) is 26.3 Å². The molecule has 0 aromatic heterocycles. The Labute approximate surface area is 160 Å². The van der Waals surface area contributed by atoms with Crippen molar-refractivity contribution in [2.45, 2.75) is 60.1 Å². The van der Waals surface area contributed by atoms with E-state index in [2.05, 4.69) is 0 Å². The number of hydrogen-bond donors (Lipinski definition) is 2. The molecule has 190 valence electrons. The summed E-state index contributed by atoms with van der Waals surface area (Å²) in [7, 11) is -7.72. The fraction of sp³-hybridized carbons (Fsp3) is 1.00. The molecule has 0 fully saturated rings. The SMILES string of the molecule is N.O=S(=O)(O)C(F)(F)C(F)(F)C(F)(F)C(F)(F)C(F)(F)C(F)C(F)C(F)C(F)C(F)F. The Morgan fingerprint density at radius 1 is 0.581 bits per heavy atom. The first-order valence-corrected chi connectivity index (χ1v) is 7.98. The summed E-state index contributed by atoms with van der Waals surface area (Å²) in [5.41, 5.74) is 0. The highest BCUT2D eigenvalue weighted by atomic mass is 32.2. The normalized spacial score (nSPS) is 18.9. The maximum atomic E-state index is 13.3. The van der Waals surface area contributed by atoms with E-state index < -0.39 is 70.2 Å². The van der Waals surface area contributed by atoms with Crippen LogP contribution in [0.25, 0.3) is 0 Å². The lowest BCUT2D eigenvalue weighted by Crippen LogP contribution is -2.71. The number of hydrogen-bond acceptors (Lipinski definition) is 3. The molecule has 0 saturated carbocycles. The van der Waals surface area contributed by atoms with Gasteiger partial charge in [-0.05, 0) is 0 Å². The Bertz CT molecular complexity index is 712. The van der Waals surface area contributed by atoms with Crippen LogP contribution in [0.4, 0.5) is 70.2 Å². The monoisotopic (exact) mass is 527 g/mol. The molecule has 0 aromatic carbocycles. The second kappa shape index (κ2) is 8.94. The molecule has 0 saturated heterocycles. The van der Waals surface area contributed by atoms with E-state index in [9.17, 15) is 78.7 Å². The zero-order valence-electron chi connectivity index (χ0n) is 13.8. The molecular weight excluding hydrogens is 518 g/mol. The van der Waals surface area contributed by atoms with Crippen molar-refractivity contribution in [2.75, 3.05) is 0 Å². The second-order valence-electron chi connectivity index (χ2n) is 5.41. The maximum absolute atomic E-state index is 13.3. The second-order valence-corrected chi connectivity index (χ2v) is 6.87. The molecule has 0 aliphatic heterocycles. The molecule has 0 aliphatic rings. The van der Waals surface area contributed by atoms with Gasteiger partial charge in [-0.3, -0.25) is 4.55 Å². The third kappa shape index (κ3) is 4.76. The Kier molecular flexibility index (Phi) is 9.21. The molecule has 0 aliphatic carbocycles. The molecule has 0 spiro atoms. The molecule has 0 bridgehead atoms. The van der Waals surface area contributed by atoms with Gasteiger partial charge in [-0.2, -0.15) is 52.3 Å². The van der Waals surface area contributed by atoms with Crippen molar-refractivity contribution in [1.82, 2.24) is 6.15 Å². The van der Waals surface area contributed by atoms with Crippen LogP contribution in [0.15, 0.2) is 0 Å².